The van der Waals surface area contributed by atoms with Crippen LogP contribution in [0.15, 0.2) is 40.9 Å². The molecule has 3 aliphatic rings. The van der Waals surface area contributed by atoms with Gasteiger partial charge in [-0.3, -0.25) is 0 Å². The zero-order valence-electron chi connectivity index (χ0n) is 16.0. The predicted octanol–water partition coefficient (Wildman–Crippen LogP) is 3.02. The average molecular weight is 355 g/mol. The van der Waals surface area contributed by atoms with Crippen molar-refractivity contribution in [2.45, 2.75) is 6.42 Å². The van der Waals surface area contributed by atoms with Crippen molar-refractivity contribution in [3.8, 4) is 11.5 Å². The van der Waals surface area contributed by atoms with Gasteiger partial charge in [0.15, 0.2) is 23.0 Å². The standard InChI is InChI=1S/C21H25NO4/c1-22-10-13-6-12-7-16(23-2)17(24-3)9-15(12)20-19(13)14(11-22)8-18(25-4)21(20)26-5/h7-9,14H,6,10-11H2,1-5H3. The van der Waals surface area contributed by atoms with E-state index in [-0.39, 0.29) is 0 Å². The fraction of sp³-hybridized carbons (Fsp3) is 0.429. The van der Waals surface area contributed by atoms with Gasteiger partial charge in [-0.1, -0.05) is 0 Å². The summed E-state index contributed by atoms with van der Waals surface area (Å²) in [6.45, 7) is 1.95. The smallest absolute Gasteiger partial charge is 0.168 e. The molecule has 138 valence electrons. The molecule has 0 amide bonds. The van der Waals surface area contributed by atoms with Crippen LogP contribution in [0.1, 0.15) is 11.1 Å². The third-order valence-electron chi connectivity index (χ3n) is 5.50. The molecule has 5 heteroatoms. The second-order valence-corrected chi connectivity index (χ2v) is 7.00. The van der Waals surface area contributed by atoms with E-state index in [4.69, 9.17) is 18.9 Å². The molecule has 1 atom stereocenters. The number of benzene rings is 1. The molecule has 0 spiro atoms. The second kappa shape index (κ2) is 6.40. The zero-order chi connectivity index (χ0) is 18.4. The minimum atomic E-state index is 0.314. The van der Waals surface area contributed by atoms with Crippen LogP contribution >= 0.6 is 0 Å². The van der Waals surface area contributed by atoms with E-state index < -0.39 is 0 Å². The van der Waals surface area contributed by atoms with E-state index in [1.807, 2.05) is 0 Å². The number of rotatable bonds is 4. The van der Waals surface area contributed by atoms with Gasteiger partial charge in [-0.25, -0.2) is 0 Å². The third kappa shape index (κ3) is 2.42. The predicted molar refractivity (Wildman–Crippen MR) is 100 cm³/mol. The summed E-state index contributed by atoms with van der Waals surface area (Å²) in [6.07, 6.45) is 3.11. The lowest BCUT2D eigenvalue weighted by Crippen LogP contribution is -2.38. The third-order valence-corrected chi connectivity index (χ3v) is 5.50. The summed E-state index contributed by atoms with van der Waals surface area (Å²) < 4.78 is 22.6. The lowest BCUT2D eigenvalue weighted by atomic mass is 9.72. The Morgan fingerprint density at radius 3 is 2.35 bits per heavy atom. The number of hydrogen-bond donors (Lipinski definition) is 0. The molecule has 1 aliphatic heterocycles. The molecule has 0 bridgehead atoms. The highest BCUT2D eigenvalue weighted by atomic mass is 16.5. The largest absolute Gasteiger partial charge is 0.493 e. The Bertz CT molecular complexity index is 850. The Balaban J connectivity index is 2.00. The summed E-state index contributed by atoms with van der Waals surface area (Å²) in [5.74, 6) is 3.40. The van der Waals surface area contributed by atoms with Gasteiger partial charge in [-0.2, -0.15) is 0 Å². The molecular weight excluding hydrogens is 330 g/mol. The van der Waals surface area contributed by atoms with E-state index in [1.165, 1.54) is 16.7 Å². The Kier molecular flexibility index (Phi) is 4.19. The maximum atomic E-state index is 5.81. The van der Waals surface area contributed by atoms with E-state index in [1.54, 1.807) is 28.4 Å². The monoisotopic (exact) mass is 355 g/mol. The molecule has 0 radical (unpaired) electrons. The SMILES string of the molecule is COC1=CC2CN(C)CC3=C2C(=C1OC)c1cc(OC)c(OC)cc1C3. The van der Waals surface area contributed by atoms with Crippen molar-refractivity contribution in [3.05, 3.63) is 52.0 Å². The molecule has 1 aromatic carbocycles. The fourth-order valence-corrected chi connectivity index (χ4v) is 4.48. The van der Waals surface area contributed by atoms with E-state index >= 15 is 0 Å². The van der Waals surface area contributed by atoms with Crippen molar-refractivity contribution in [3.63, 3.8) is 0 Å². The molecule has 1 unspecified atom stereocenters. The quantitative estimate of drug-likeness (QED) is 0.830. The van der Waals surface area contributed by atoms with Gasteiger partial charge >= 0.3 is 0 Å². The molecule has 0 saturated heterocycles. The van der Waals surface area contributed by atoms with Gasteiger partial charge in [0.2, 0.25) is 0 Å². The van der Waals surface area contributed by atoms with Crippen molar-refractivity contribution in [1.29, 1.82) is 0 Å². The van der Waals surface area contributed by atoms with E-state index in [2.05, 4.69) is 30.2 Å². The van der Waals surface area contributed by atoms with Crippen molar-refractivity contribution >= 4 is 5.57 Å². The first-order valence-corrected chi connectivity index (χ1v) is 8.81. The first-order chi connectivity index (χ1) is 12.6. The number of hydrogen-bond acceptors (Lipinski definition) is 5. The summed E-state index contributed by atoms with van der Waals surface area (Å²) in [4.78, 5) is 2.37. The summed E-state index contributed by atoms with van der Waals surface area (Å²) in [6, 6.07) is 4.16. The zero-order valence-corrected chi connectivity index (χ0v) is 16.0. The highest BCUT2D eigenvalue weighted by molar-refractivity contribution is 5.90. The van der Waals surface area contributed by atoms with Gasteiger partial charge < -0.3 is 23.8 Å². The van der Waals surface area contributed by atoms with E-state index in [9.17, 15) is 0 Å². The van der Waals surface area contributed by atoms with E-state index in [0.29, 0.717) is 5.92 Å². The molecule has 0 fully saturated rings. The van der Waals surface area contributed by atoms with Crippen molar-refractivity contribution < 1.29 is 18.9 Å². The summed E-state index contributed by atoms with van der Waals surface area (Å²) >= 11 is 0. The van der Waals surface area contributed by atoms with Crippen LogP contribution in [0.5, 0.6) is 11.5 Å². The van der Waals surface area contributed by atoms with E-state index in [0.717, 1.165) is 53.7 Å². The number of ether oxygens (including phenoxy) is 4. The number of allylic oxidation sites excluding steroid dienone is 1. The molecule has 26 heavy (non-hydrogen) atoms. The minimum Gasteiger partial charge on any atom is -0.493 e. The van der Waals surface area contributed by atoms with Crippen LogP contribution in [-0.2, 0) is 15.9 Å². The highest BCUT2D eigenvalue weighted by Crippen LogP contribution is 2.50. The first-order valence-electron chi connectivity index (χ1n) is 8.81. The van der Waals surface area contributed by atoms with Crippen LogP contribution in [0.2, 0.25) is 0 Å². The first kappa shape index (κ1) is 17.0. The van der Waals surface area contributed by atoms with Crippen LogP contribution < -0.4 is 9.47 Å². The number of likely N-dealkylation sites (N-methyl/N-ethyl adjacent to an activating group) is 1. The molecular formula is C21H25NO4. The molecule has 1 heterocycles. The van der Waals surface area contributed by atoms with Gasteiger partial charge in [-0.15, -0.1) is 0 Å². The lowest BCUT2D eigenvalue weighted by Gasteiger charge is -2.40. The van der Waals surface area contributed by atoms with Gasteiger partial charge in [-0.05, 0) is 54.0 Å². The van der Waals surface area contributed by atoms with Crippen LogP contribution in [0.3, 0.4) is 0 Å². The maximum Gasteiger partial charge on any atom is 0.168 e. The maximum absolute atomic E-state index is 5.81. The number of methoxy groups -OCH3 is 4. The van der Waals surface area contributed by atoms with Crippen molar-refractivity contribution in [2.75, 3.05) is 48.6 Å². The molecule has 0 saturated carbocycles. The molecule has 0 N–H and O–H groups in total. The Labute approximate surface area is 154 Å². The van der Waals surface area contributed by atoms with Crippen LogP contribution in [0.25, 0.3) is 5.57 Å². The number of fused-ring (bicyclic) bond motifs is 2. The minimum absolute atomic E-state index is 0.314. The summed E-state index contributed by atoms with van der Waals surface area (Å²) in [7, 11) is 8.92. The summed E-state index contributed by atoms with van der Waals surface area (Å²) in [5.41, 5.74) is 6.36. The topological polar surface area (TPSA) is 40.2 Å². The van der Waals surface area contributed by atoms with Crippen LogP contribution in [0, 0.1) is 5.92 Å². The molecule has 2 aliphatic carbocycles. The van der Waals surface area contributed by atoms with Gasteiger partial charge in [0.05, 0.1) is 28.4 Å². The Morgan fingerprint density at radius 1 is 0.962 bits per heavy atom. The second-order valence-electron chi connectivity index (χ2n) is 7.00. The fourth-order valence-electron chi connectivity index (χ4n) is 4.48. The van der Waals surface area contributed by atoms with Crippen LogP contribution in [-0.4, -0.2) is 53.5 Å². The van der Waals surface area contributed by atoms with Crippen LogP contribution in [0.4, 0.5) is 0 Å². The Morgan fingerprint density at radius 2 is 1.69 bits per heavy atom. The molecule has 0 aromatic heterocycles. The van der Waals surface area contributed by atoms with Crippen molar-refractivity contribution in [1.82, 2.24) is 4.90 Å². The van der Waals surface area contributed by atoms with Crippen molar-refractivity contribution in [2.24, 2.45) is 5.92 Å². The Hall–Kier alpha value is -2.40. The van der Waals surface area contributed by atoms with Gasteiger partial charge in [0.1, 0.15) is 0 Å². The number of nitrogens with zero attached hydrogens (tertiary/aromatic N) is 1. The highest BCUT2D eigenvalue weighted by Gasteiger charge is 2.38. The van der Waals surface area contributed by atoms with Gasteiger partial charge in [0, 0.05) is 24.6 Å². The molecule has 1 aromatic rings. The molecule has 4 rings (SSSR count). The molecule has 5 nitrogen and oxygen atoms in total. The normalized spacial score (nSPS) is 21.7. The summed E-state index contributed by atoms with van der Waals surface area (Å²) in [5, 5.41) is 0. The lowest BCUT2D eigenvalue weighted by molar-refractivity contribution is 0.213. The average Bonchev–Trinajstić information content (AvgIpc) is 2.65. The van der Waals surface area contributed by atoms with Gasteiger partial charge in [0.25, 0.3) is 0 Å².